The monoisotopic (exact) mass is 378 g/mol. The van der Waals surface area contributed by atoms with Crippen LogP contribution in [0.2, 0.25) is 0 Å². The van der Waals surface area contributed by atoms with E-state index in [1.165, 1.54) is 12.1 Å². The van der Waals surface area contributed by atoms with Crippen molar-refractivity contribution in [1.29, 1.82) is 0 Å². The average molecular weight is 378 g/mol. The van der Waals surface area contributed by atoms with E-state index in [1.807, 2.05) is 25.7 Å². The first kappa shape index (κ1) is 21.2. The maximum absolute atomic E-state index is 12.8. The lowest BCUT2D eigenvalue weighted by Gasteiger charge is -2.35. The Morgan fingerprint density at radius 1 is 1.15 bits per heavy atom. The van der Waals surface area contributed by atoms with Crippen LogP contribution in [-0.4, -0.2) is 43.0 Å². The van der Waals surface area contributed by atoms with Gasteiger partial charge in [0.1, 0.15) is 11.6 Å². The van der Waals surface area contributed by atoms with Crippen LogP contribution < -0.4 is 10.1 Å². The SMILES string of the molecule is CC(C)(C)C(=O)N1CCC(C(=O)NCCCCOc2ccc(F)cc2)CC1. The third-order valence-electron chi connectivity index (χ3n) is 4.75. The van der Waals surface area contributed by atoms with E-state index in [0.29, 0.717) is 32.0 Å². The van der Waals surface area contributed by atoms with Crippen LogP contribution in [-0.2, 0) is 9.59 Å². The van der Waals surface area contributed by atoms with Crippen LogP contribution in [0.15, 0.2) is 24.3 Å². The minimum absolute atomic E-state index is 0.00974. The summed E-state index contributed by atoms with van der Waals surface area (Å²) in [5.41, 5.74) is -0.370. The van der Waals surface area contributed by atoms with Crippen LogP contribution in [0.25, 0.3) is 0 Å². The molecule has 1 aromatic carbocycles. The van der Waals surface area contributed by atoms with Crippen LogP contribution in [0, 0.1) is 17.2 Å². The second-order valence-electron chi connectivity index (χ2n) is 8.12. The van der Waals surface area contributed by atoms with E-state index in [9.17, 15) is 14.0 Å². The highest BCUT2D eigenvalue weighted by Crippen LogP contribution is 2.23. The van der Waals surface area contributed by atoms with E-state index in [0.717, 1.165) is 25.7 Å². The van der Waals surface area contributed by atoms with Gasteiger partial charge in [0, 0.05) is 31.0 Å². The van der Waals surface area contributed by atoms with Crippen molar-refractivity contribution in [3.8, 4) is 5.75 Å². The molecule has 150 valence electrons. The van der Waals surface area contributed by atoms with E-state index in [-0.39, 0.29) is 29.0 Å². The van der Waals surface area contributed by atoms with Gasteiger partial charge in [0.05, 0.1) is 6.61 Å². The maximum Gasteiger partial charge on any atom is 0.227 e. The number of rotatable bonds is 7. The second kappa shape index (κ2) is 9.72. The van der Waals surface area contributed by atoms with Gasteiger partial charge in [-0.05, 0) is 49.9 Å². The third kappa shape index (κ3) is 6.85. The highest BCUT2D eigenvalue weighted by molar-refractivity contribution is 5.82. The fourth-order valence-corrected chi connectivity index (χ4v) is 3.12. The minimum atomic E-state index is -0.370. The first-order valence-electron chi connectivity index (χ1n) is 9.73. The number of unbranched alkanes of at least 4 members (excludes halogenated alkanes) is 1. The van der Waals surface area contributed by atoms with Gasteiger partial charge in [-0.2, -0.15) is 0 Å². The molecule has 0 atom stereocenters. The molecule has 0 radical (unpaired) electrons. The number of carbonyl (C=O) groups is 2. The zero-order chi connectivity index (χ0) is 19.9. The molecule has 2 amide bonds. The zero-order valence-corrected chi connectivity index (χ0v) is 16.6. The Hall–Kier alpha value is -2.11. The van der Waals surface area contributed by atoms with E-state index >= 15 is 0 Å². The molecule has 27 heavy (non-hydrogen) atoms. The number of piperidine rings is 1. The van der Waals surface area contributed by atoms with Gasteiger partial charge in [0.15, 0.2) is 0 Å². The van der Waals surface area contributed by atoms with Crippen molar-refractivity contribution < 1.29 is 18.7 Å². The highest BCUT2D eigenvalue weighted by atomic mass is 19.1. The van der Waals surface area contributed by atoms with Gasteiger partial charge in [-0.3, -0.25) is 9.59 Å². The summed E-state index contributed by atoms with van der Waals surface area (Å²) in [7, 11) is 0. The van der Waals surface area contributed by atoms with Crippen LogP contribution in [0.5, 0.6) is 5.75 Å². The van der Waals surface area contributed by atoms with E-state index in [2.05, 4.69) is 5.32 Å². The normalized spacial score (nSPS) is 15.5. The van der Waals surface area contributed by atoms with Gasteiger partial charge in [-0.25, -0.2) is 4.39 Å². The largest absolute Gasteiger partial charge is 0.494 e. The maximum atomic E-state index is 12.8. The first-order chi connectivity index (χ1) is 12.8. The molecule has 1 aromatic rings. The number of hydrogen-bond donors (Lipinski definition) is 1. The van der Waals surface area contributed by atoms with E-state index < -0.39 is 0 Å². The van der Waals surface area contributed by atoms with Crippen molar-refractivity contribution in [3.63, 3.8) is 0 Å². The Morgan fingerprint density at radius 2 is 1.78 bits per heavy atom. The molecule has 1 aliphatic rings. The number of benzene rings is 1. The van der Waals surface area contributed by atoms with Gasteiger partial charge in [0.25, 0.3) is 0 Å². The molecule has 1 aliphatic heterocycles. The van der Waals surface area contributed by atoms with Crippen molar-refractivity contribution in [2.24, 2.45) is 11.3 Å². The predicted octanol–water partition coefficient (Wildman–Crippen LogP) is 3.39. The quantitative estimate of drug-likeness (QED) is 0.740. The molecule has 1 fully saturated rings. The number of likely N-dealkylation sites (tertiary alicyclic amines) is 1. The minimum Gasteiger partial charge on any atom is -0.494 e. The van der Waals surface area contributed by atoms with Gasteiger partial charge >= 0.3 is 0 Å². The molecule has 6 heteroatoms. The van der Waals surface area contributed by atoms with Crippen LogP contribution in [0.3, 0.4) is 0 Å². The fourth-order valence-electron chi connectivity index (χ4n) is 3.12. The lowest BCUT2D eigenvalue weighted by Crippen LogP contribution is -2.46. The summed E-state index contributed by atoms with van der Waals surface area (Å²) >= 11 is 0. The predicted molar refractivity (Wildman–Crippen MR) is 103 cm³/mol. The lowest BCUT2D eigenvalue weighted by atomic mass is 9.90. The van der Waals surface area contributed by atoms with Crippen molar-refractivity contribution >= 4 is 11.8 Å². The Kier molecular flexibility index (Phi) is 7.63. The highest BCUT2D eigenvalue weighted by Gasteiger charge is 2.32. The molecule has 0 aliphatic carbocycles. The van der Waals surface area contributed by atoms with Gasteiger partial charge < -0.3 is 15.0 Å². The Balaban J connectivity index is 1.57. The number of ether oxygens (including phenoxy) is 1. The zero-order valence-electron chi connectivity index (χ0n) is 16.6. The molecule has 0 saturated carbocycles. The van der Waals surface area contributed by atoms with Gasteiger partial charge in [-0.1, -0.05) is 20.8 Å². The molecule has 5 nitrogen and oxygen atoms in total. The summed E-state index contributed by atoms with van der Waals surface area (Å²) < 4.78 is 18.3. The first-order valence-corrected chi connectivity index (χ1v) is 9.73. The molecular formula is C21H31FN2O3. The molecule has 2 rings (SSSR count). The van der Waals surface area contributed by atoms with Gasteiger partial charge in [0.2, 0.25) is 11.8 Å². The summed E-state index contributed by atoms with van der Waals surface area (Å²) in [5.74, 6) is 0.597. The molecule has 0 unspecified atom stereocenters. The number of nitrogens with zero attached hydrogens (tertiary/aromatic N) is 1. The van der Waals surface area contributed by atoms with Crippen LogP contribution in [0.1, 0.15) is 46.5 Å². The lowest BCUT2D eigenvalue weighted by molar-refractivity contribution is -0.142. The van der Waals surface area contributed by atoms with Crippen molar-refractivity contribution in [3.05, 3.63) is 30.1 Å². The molecule has 0 bridgehead atoms. The molecule has 0 aromatic heterocycles. The molecule has 0 spiro atoms. The van der Waals surface area contributed by atoms with E-state index in [4.69, 9.17) is 4.74 Å². The summed E-state index contributed by atoms with van der Waals surface area (Å²) in [6, 6.07) is 5.95. The summed E-state index contributed by atoms with van der Waals surface area (Å²) in [6.45, 7) is 8.23. The number of halogens is 1. The topological polar surface area (TPSA) is 58.6 Å². The Labute approximate surface area is 161 Å². The third-order valence-corrected chi connectivity index (χ3v) is 4.75. The summed E-state index contributed by atoms with van der Waals surface area (Å²) in [6.07, 6.45) is 3.09. The number of hydrogen-bond acceptors (Lipinski definition) is 3. The van der Waals surface area contributed by atoms with Crippen molar-refractivity contribution in [2.45, 2.75) is 46.5 Å². The second-order valence-corrected chi connectivity index (χ2v) is 8.12. The molecule has 1 N–H and O–H groups in total. The number of carbonyl (C=O) groups excluding carboxylic acids is 2. The van der Waals surface area contributed by atoms with Gasteiger partial charge in [-0.15, -0.1) is 0 Å². The van der Waals surface area contributed by atoms with Crippen molar-refractivity contribution in [2.75, 3.05) is 26.2 Å². The van der Waals surface area contributed by atoms with E-state index in [1.54, 1.807) is 12.1 Å². The molecule has 1 saturated heterocycles. The average Bonchev–Trinajstić information content (AvgIpc) is 2.64. The molecule has 1 heterocycles. The van der Waals surface area contributed by atoms with Crippen LogP contribution in [0.4, 0.5) is 4.39 Å². The van der Waals surface area contributed by atoms with Crippen LogP contribution >= 0.6 is 0 Å². The summed E-state index contributed by atoms with van der Waals surface area (Å²) in [5, 5.41) is 2.99. The molecular weight excluding hydrogens is 347 g/mol. The number of amides is 2. The Morgan fingerprint density at radius 3 is 2.37 bits per heavy atom. The standard InChI is InChI=1S/C21H31FN2O3/c1-21(2,3)20(26)24-13-10-16(11-14-24)19(25)23-12-4-5-15-27-18-8-6-17(22)7-9-18/h6-9,16H,4-5,10-15H2,1-3H3,(H,23,25). The smallest absolute Gasteiger partial charge is 0.227 e. The van der Waals surface area contributed by atoms with Crippen molar-refractivity contribution in [1.82, 2.24) is 10.2 Å². The fraction of sp³-hybridized carbons (Fsp3) is 0.619. The Bertz CT molecular complexity index is 617. The summed E-state index contributed by atoms with van der Waals surface area (Å²) in [4.78, 5) is 26.4. The number of nitrogens with one attached hydrogen (secondary N) is 1.